The van der Waals surface area contributed by atoms with Gasteiger partial charge in [-0.3, -0.25) is 0 Å². The first-order chi connectivity index (χ1) is 12.1. The van der Waals surface area contributed by atoms with Crippen LogP contribution in [0.2, 0.25) is 5.02 Å². The van der Waals surface area contributed by atoms with E-state index in [-0.39, 0.29) is 5.02 Å². The third-order valence-corrected chi connectivity index (χ3v) is 4.03. The van der Waals surface area contributed by atoms with Crippen LogP contribution in [0.1, 0.15) is 5.56 Å². The van der Waals surface area contributed by atoms with Crippen molar-refractivity contribution in [2.24, 2.45) is 0 Å². The minimum atomic E-state index is -0.483. The molecule has 126 valence electrons. The molecule has 2 heterocycles. The van der Waals surface area contributed by atoms with Crippen molar-refractivity contribution >= 4 is 34.5 Å². The van der Waals surface area contributed by atoms with Gasteiger partial charge in [-0.25, -0.2) is 9.37 Å². The first kappa shape index (κ1) is 15.5. The van der Waals surface area contributed by atoms with Crippen molar-refractivity contribution in [3.63, 3.8) is 0 Å². The summed E-state index contributed by atoms with van der Waals surface area (Å²) >= 11 is 5.83. The normalized spacial score (nSPS) is 12.2. The van der Waals surface area contributed by atoms with Crippen LogP contribution in [0.4, 0.5) is 27.3 Å². The maximum Gasteiger partial charge on any atom is 0.248 e. The highest BCUT2D eigenvalue weighted by Gasteiger charge is 2.19. The highest BCUT2D eigenvalue weighted by molar-refractivity contribution is 6.31. The highest BCUT2D eigenvalue weighted by Crippen LogP contribution is 2.38. The van der Waals surface area contributed by atoms with Crippen LogP contribution < -0.4 is 21.1 Å². The molecule has 3 aromatic rings. The van der Waals surface area contributed by atoms with E-state index in [0.29, 0.717) is 41.1 Å². The van der Waals surface area contributed by atoms with E-state index < -0.39 is 5.82 Å². The number of fused-ring (bicyclic) bond motifs is 2. The molecule has 1 aliphatic rings. The van der Waals surface area contributed by atoms with Gasteiger partial charge in [-0.05, 0) is 36.4 Å². The van der Waals surface area contributed by atoms with Crippen LogP contribution in [0.25, 0.3) is 0 Å². The molecule has 25 heavy (non-hydrogen) atoms. The lowest BCUT2D eigenvalue weighted by atomic mass is 10.2. The number of nitrogen functional groups attached to an aromatic ring is 1. The molecule has 0 atom stereocenters. The molecule has 4 rings (SSSR count). The van der Waals surface area contributed by atoms with E-state index in [1.165, 1.54) is 18.5 Å². The third-order valence-electron chi connectivity index (χ3n) is 3.74. The van der Waals surface area contributed by atoms with E-state index in [9.17, 15) is 4.39 Å². The Morgan fingerprint density at radius 3 is 2.92 bits per heavy atom. The molecule has 0 saturated carbocycles. The Morgan fingerprint density at radius 2 is 2.08 bits per heavy atom. The minimum Gasteiger partial charge on any atom is -0.437 e. The summed E-state index contributed by atoms with van der Waals surface area (Å²) in [5.74, 6) is 1.07. The lowest BCUT2D eigenvalue weighted by Crippen LogP contribution is -2.04. The smallest absolute Gasteiger partial charge is 0.248 e. The summed E-state index contributed by atoms with van der Waals surface area (Å²) in [4.78, 5) is 8.42. The molecule has 0 fully saturated rings. The van der Waals surface area contributed by atoms with Gasteiger partial charge in [0.15, 0.2) is 5.82 Å². The van der Waals surface area contributed by atoms with Gasteiger partial charge in [0.2, 0.25) is 5.88 Å². The van der Waals surface area contributed by atoms with Crippen molar-refractivity contribution in [1.29, 1.82) is 0 Å². The Hall–Kier alpha value is -3.06. The molecule has 6 nitrogen and oxygen atoms in total. The second-order valence-corrected chi connectivity index (χ2v) is 5.89. The van der Waals surface area contributed by atoms with E-state index in [0.717, 1.165) is 5.56 Å². The molecular formula is C17H13ClFN5O. The van der Waals surface area contributed by atoms with Gasteiger partial charge in [-0.1, -0.05) is 11.6 Å². The maximum absolute atomic E-state index is 13.3. The topological polar surface area (TPSA) is 85.1 Å². The van der Waals surface area contributed by atoms with Gasteiger partial charge in [0, 0.05) is 23.5 Å². The highest BCUT2D eigenvalue weighted by atomic mass is 35.5. The number of rotatable bonds is 2. The zero-order valence-electron chi connectivity index (χ0n) is 12.9. The number of hydrogen-bond acceptors (Lipinski definition) is 6. The first-order valence-electron chi connectivity index (χ1n) is 7.47. The Morgan fingerprint density at radius 1 is 1.20 bits per heavy atom. The molecule has 0 aliphatic carbocycles. The van der Waals surface area contributed by atoms with Crippen molar-refractivity contribution in [2.45, 2.75) is 6.54 Å². The van der Waals surface area contributed by atoms with E-state index in [1.54, 1.807) is 18.2 Å². The fourth-order valence-corrected chi connectivity index (χ4v) is 2.72. The second-order valence-electron chi connectivity index (χ2n) is 5.48. The zero-order valence-corrected chi connectivity index (χ0v) is 13.6. The monoisotopic (exact) mass is 357 g/mol. The third kappa shape index (κ3) is 3.01. The fourth-order valence-electron chi connectivity index (χ4n) is 2.54. The molecule has 1 aliphatic heterocycles. The number of ether oxygens (including phenoxy) is 1. The number of halogens is 2. The van der Waals surface area contributed by atoms with Crippen LogP contribution in [0.3, 0.4) is 0 Å². The molecule has 1 aromatic heterocycles. The number of aromatic nitrogens is 2. The molecule has 2 aromatic carbocycles. The number of nitrogens with two attached hydrogens (primary N) is 1. The zero-order chi connectivity index (χ0) is 17.4. The number of anilines is 4. The molecule has 0 unspecified atom stereocenters. The predicted molar refractivity (Wildman–Crippen MR) is 95.0 cm³/mol. The number of benzene rings is 2. The molecule has 0 amide bonds. The lowest BCUT2D eigenvalue weighted by Gasteiger charge is -2.13. The summed E-state index contributed by atoms with van der Waals surface area (Å²) in [6.07, 6.45) is 1.39. The SMILES string of the molecule is Nc1ccc2c(c1)CNc1c(Nc3ccc(F)c(Cl)c3)ncnc1O2. The van der Waals surface area contributed by atoms with E-state index in [1.807, 2.05) is 6.07 Å². The van der Waals surface area contributed by atoms with E-state index >= 15 is 0 Å². The fraction of sp³-hybridized carbons (Fsp3) is 0.0588. The number of nitrogens with zero attached hydrogens (tertiary/aromatic N) is 2. The Balaban J connectivity index is 1.69. The van der Waals surface area contributed by atoms with Crippen LogP contribution in [0.5, 0.6) is 11.6 Å². The standard InChI is InChI=1S/C17H13ClFN5O/c18-12-6-11(2-3-13(12)19)24-16-15-17(23-8-22-16)25-14-4-1-10(20)5-9(14)7-21-15/h1-6,8,21H,7,20H2,(H,22,23,24). The van der Waals surface area contributed by atoms with E-state index in [4.69, 9.17) is 22.1 Å². The van der Waals surface area contributed by atoms with Gasteiger partial charge >= 0.3 is 0 Å². The van der Waals surface area contributed by atoms with Crippen molar-refractivity contribution in [3.05, 3.63) is 59.1 Å². The van der Waals surface area contributed by atoms with Crippen LogP contribution in [0.15, 0.2) is 42.7 Å². The van der Waals surface area contributed by atoms with Crippen LogP contribution in [-0.4, -0.2) is 9.97 Å². The van der Waals surface area contributed by atoms with Crippen molar-refractivity contribution < 1.29 is 9.13 Å². The average molecular weight is 358 g/mol. The Labute approximate surface area is 147 Å². The summed E-state index contributed by atoms with van der Waals surface area (Å²) in [5.41, 5.74) is 8.59. The first-order valence-corrected chi connectivity index (χ1v) is 7.85. The lowest BCUT2D eigenvalue weighted by molar-refractivity contribution is 0.464. The Kier molecular flexibility index (Phi) is 3.77. The molecule has 0 saturated heterocycles. The van der Waals surface area contributed by atoms with Crippen molar-refractivity contribution in [3.8, 4) is 11.6 Å². The van der Waals surface area contributed by atoms with Gasteiger partial charge in [0.25, 0.3) is 0 Å². The number of hydrogen-bond donors (Lipinski definition) is 3. The van der Waals surface area contributed by atoms with E-state index in [2.05, 4.69) is 20.6 Å². The van der Waals surface area contributed by atoms with Crippen LogP contribution >= 0.6 is 11.6 Å². The number of nitrogens with one attached hydrogen (secondary N) is 2. The predicted octanol–water partition coefficient (Wildman–Crippen LogP) is 4.31. The summed E-state index contributed by atoms with van der Waals surface area (Å²) in [5, 5.41) is 6.37. The summed E-state index contributed by atoms with van der Waals surface area (Å²) < 4.78 is 19.2. The van der Waals surface area contributed by atoms with Crippen LogP contribution in [0, 0.1) is 5.82 Å². The summed E-state index contributed by atoms with van der Waals surface area (Å²) in [6.45, 7) is 0.500. The van der Waals surface area contributed by atoms with Gasteiger partial charge in [0.1, 0.15) is 23.6 Å². The van der Waals surface area contributed by atoms with Gasteiger partial charge < -0.3 is 21.1 Å². The maximum atomic E-state index is 13.3. The van der Waals surface area contributed by atoms with Gasteiger partial charge in [0.05, 0.1) is 5.02 Å². The average Bonchev–Trinajstić information content (AvgIpc) is 2.78. The largest absolute Gasteiger partial charge is 0.437 e. The quantitative estimate of drug-likeness (QED) is 0.592. The van der Waals surface area contributed by atoms with Gasteiger partial charge in [-0.2, -0.15) is 4.98 Å². The molecular weight excluding hydrogens is 345 g/mol. The summed E-state index contributed by atoms with van der Waals surface area (Å²) in [6, 6.07) is 9.75. The summed E-state index contributed by atoms with van der Waals surface area (Å²) in [7, 11) is 0. The molecule has 0 radical (unpaired) electrons. The van der Waals surface area contributed by atoms with Gasteiger partial charge in [-0.15, -0.1) is 0 Å². The van der Waals surface area contributed by atoms with Crippen LogP contribution in [-0.2, 0) is 6.54 Å². The second kappa shape index (κ2) is 6.10. The molecule has 4 N–H and O–H groups in total. The van der Waals surface area contributed by atoms with Crippen molar-refractivity contribution in [1.82, 2.24) is 9.97 Å². The minimum absolute atomic E-state index is 0.0252. The Bertz CT molecular complexity index is 966. The molecule has 0 bridgehead atoms. The van der Waals surface area contributed by atoms with Crippen molar-refractivity contribution in [2.75, 3.05) is 16.4 Å². The molecule has 8 heteroatoms. The molecule has 0 spiro atoms.